The number of aryl methyl sites for hydroxylation is 1. The first kappa shape index (κ1) is 17.3. The van der Waals surface area contributed by atoms with E-state index in [1.807, 2.05) is 41.1 Å². The maximum atomic E-state index is 12.5. The average Bonchev–Trinajstić information content (AvgIpc) is 3.39. The lowest BCUT2D eigenvalue weighted by Crippen LogP contribution is -2.36. The van der Waals surface area contributed by atoms with Crippen LogP contribution in [0.5, 0.6) is 0 Å². The van der Waals surface area contributed by atoms with Gasteiger partial charge in [-0.05, 0) is 60.4 Å². The number of amides is 2. The molecule has 2 aliphatic rings. The Balaban J connectivity index is 1.39. The molecule has 1 fully saturated rings. The molecule has 0 spiro atoms. The number of hydrogen-bond donors (Lipinski definition) is 0. The van der Waals surface area contributed by atoms with Gasteiger partial charge in [0.05, 0.1) is 0 Å². The fourth-order valence-corrected chi connectivity index (χ4v) is 4.28. The van der Waals surface area contributed by atoms with Crippen LogP contribution in [0.1, 0.15) is 45.6 Å². The summed E-state index contributed by atoms with van der Waals surface area (Å²) in [6.07, 6.45) is 4.46. The normalized spacial score (nSPS) is 16.3. The molecular weight excluding hydrogens is 344 g/mol. The summed E-state index contributed by atoms with van der Waals surface area (Å²) in [5, 5.41) is 2.05. The van der Waals surface area contributed by atoms with Crippen molar-refractivity contribution in [2.24, 2.45) is 0 Å². The van der Waals surface area contributed by atoms with Gasteiger partial charge in [0.25, 0.3) is 5.91 Å². The van der Waals surface area contributed by atoms with Crippen LogP contribution in [-0.2, 0) is 24.2 Å². The quantitative estimate of drug-likeness (QED) is 0.810. The Morgan fingerprint density at radius 2 is 2.08 bits per heavy atom. The molecule has 136 valence electrons. The Labute approximate surface area is 158 Å². The molecule has 1 saturated carbocycles. The summed E-state index contributed by atoms with van der Waals surface area (Å²) in [5.41, 5.74) is 3.16. The molecule has 0 saturated heterocycles. The van der Waals surface area contributed by atoms with Crippen LogP contribution in [0.3, 0.4) is 0 Å². The van der Waals surface area contributed by atoms with Crippen LogP contribution in [0.15, 0.2) is 35.7 Å². The highest BCUT2D eigenvalue weighted by atomic mass is 32.1. The van der Waals surface area contributed by atoms with Crippen molar-refractivity contribution in [3.8, 4) is 0 Å². The number of hydrogen-bond acceptors (Lipinski definition) is 3. The fraction of sp³-hybridized carbons (Fsp3) is 0.429. The third-order valence-electron chi connectivity index (χ3n) is 5.40. The van der Waals surface area contributed by atoms with Crippen molar-refractivity contribution in [2.75, 3.05) is 13.6 Å². The zero-order valence-electron chi connectivity index (χ0n) is 15.1. The highest BCUT2D eigenvalue weighted by Gasteiger charge is 2.30. The summed E-state index contributed by atoms with van der Waals surface area (Å²) in [7, 11) is 1.90. The second-order valence-corrected chi connectivity index (χ2v) is 8.31. The Morgan fingerprint density at radius 1 is 1.23 bits per heavy atom. The van der Waals surface area contributed by atoms with Gasteiger partial charge in [0.15, 0.2) is 0 Å². The van der Waals surface area contributed by atoms with E-state index in [-0.39, 0.29) is 11.8 Å². The van der Waals surface area contributed by atoms with E-state index in [9.17, 15) is 9.59 Å². The monoisotopic (exact) mass is 368 g/mol. The second kappa shape index (κ2) is 7.23. The summed E-state index contributed by atoms with van der Waals surface area (Å²) in [6, 6.07) is 10.5. The lowest BCUT2D eigenvalue weighted by atomic mass is 9.96. The van der Waals surface area contributed by atoms with Crippen LogP contribution in [0.4, 0.5) is 0 Å². The maximum absolute atomic E-state index is 12.5. The summed E-state index contributed by atoms with van der Waals surface area (Å²) in [6.45, 7) is 1.40. The van der Waals surface area contributed by atoms with Gasteiger partial charge in [-0.1, -0.05) is 12.1 Å². The van der Waals surface area contributed by atoms with E-state index in [0.717, 1.165) is 37.8 Å². The average molecular weight is 369 g/mol. The largest absolute Gasteiger partial charge is 0.339 e. The lowest BCUT2D eigenvalue weighted by Gasteiger charge is -2.29. The van der Waals surface area contributed by atoms with Crippen LogP contribution in [-0.4, -0.2) is 41.2 Å². The lowest BCUT2D eigenvalue weighted by molar-refractivity contribution is -0.132. The number of fused-ring (bicyclic) bond motifs is 1. The molecule has 4 rings (SSSR count). The second-order valence-electron chi connectivity index (χ2n) is 7.28. The predicted octanol–water partition coefficient (Wildman–Crippen LogP) is 3.50. The number of benzene rings is 1. The first-order chi connectivity index (χ1) is 12.6. The van der Waals surface area contributed by atoms with E-state index >= 15 is 0 Å². The van der Waals surface area contributed by atoms with Crippen molar-refractivity contribution in [3.63, 3.8) is 0 Å². The summed E-state index contributed by atoms with van der Waals surface area (Å²) in [5.74, 6) is 0.336. The minimum Gasteiger partial charge on any atom is -0.339 e. The predicted molar refractivity (Wildman–Crippen MR) is 103 cm³/mol. The van der Waals surface area contributed by atoms with Gasteiger partial charge in [-0.3, -0.25) is 9.59 Å². The van der Waals surface area contributed by atoms with Gasteiger partial charge in [0, 0.05) is 43.0 Å². The molecule has 2 aromatic rings. The number of carbonyl (C=O) groups is 2. The summed E-state index contributed by atoms with van der Waals surface area (Å²) >= 11 is 1.71. The van der Waals surface area contributed by atoms with Crippen molar-refractivity contribution in [1.29, 1.82) is 0 Å². The third kappa shape index (κ3) is 3.68. The molecule has 1 aliphatic carbocycles. The van der Waals surface area contributed by atoms with E-state index in [0.29, 0.717) is 19.0 Å². The highest BCUT2D eigenvalue weighted by molar-refractivity contribution is 7.09. The SMILES string of the molecule is CN(C(=O)c1ccc2c(c1)CCN(C(=O)CCc1cccs1)C2)C1CC1. The van der Waals surface area contributed by atoms with Gasteiger partial charge < -0.3 is 9.80 Å². The van der Waals surface area contributed by atoms with Crippen LogP contribution in [0.25, 0.3) is 0 Å². The molecule has 26 heavy (non-hydrogen) atoms. The van der Waals surface area contributed by atoms with Crippen molar-refractivity contribution in [2.45, 2.75) is 44.7 Å². The third-order valence-corrected chi connectivity index (χ3v) is 6.33. The molecule has 0 bridgehead atoms. The molecule has 1 aliphatic heterocycles. The molecule has 2 amide bonds. The molecule has 0 radical (unpaired) electrons. The van der Waals surface area contributed by atoms with Gasteiger partial charge in [0.2, 0.25) is 5.91 Å². The topological polar surface area (TPSA) is 40.6 Å². The zero-order chi connectivity index (χ0) is 18.1. The maximum Gasteiger partial charge on any atom is 0.253 e. The number of rotatable bonds is 5. The van der Waals surface area contributed by atoms with Crippen molar-refractivity contribution < 1.29 is 9.59 Å². The Kier molecular flexibility index (Phi) is 4.81. The number of carbonyl (C=O) groups excluding carboxylic acids is 2. The van der Waals surface area contributed by atoms with Gasteiger partial charge in [-0.25, -0.2) is 0 Å². The molecule has 2 heterocycles. The van der Waals surface area contributed by atoms with Crippen LogP contribution in [0.2, 0.25) is 0 Å². The molecule has 0 atom stereocenters. The minimum absolute atomic E-state index is 0.116. The van der Waals surface area contributed by atoms with Gasteiger partial charge in [0.1, 0.15) is 0 Å². The Hall–Kier alpha value is -2.14. The van der Waals surface area contributed by atoms with Crippen molar-refractivity contribution in [3.05, 3.63) is 57.3 Å². The van der Waals surface area contributed by atoms with Gasteiger partial charge in [-0.2, -0.15) is 0 Å². The molecule has 4 nitrogen and oxygen atoms in total. The van der Waals surface area contributed by atoms with Crippen molar-refractivity contribution in [1.82, 2.24) is 9.80 Å². The van der Waals surface area contributed by atoms with E-state index in [1.165, 1.54) is 16.0 Å². The zero-order valence-corrected chi connectivity index (χ0v) is 15.9. The Bertz CT molecular complexity index is 811. The molecule has 0 unspecified atom stereocenters. The molecule has 1 aromatic heterocycles. The summed E-state index contributed by atoms with van der Waals surface area (Å²) in [4.78, 5) is 30.1. The van der Waals surface area contributed by atoms with Gasteiger partial charge >= 0.3 is 0 Å². The minimum atomic E-state index is 0.116. The Morgan fingerprint density at radius 3 is 2.81 bits per heavy atom. The molecule has 1 aromatic carbocycles. The van der Waals surface area contributed by atoms with E-state index < -0.39 is 0 Å². The molecular formula is C21H24N2O2S. The first-order valence-corrected chi connectivity index (χ1v) is 10.2. The van der Waals surface area contributed by atoms with E-state index in [1.54, 1.807) is 11.3 Å². The number of thiophene rings is 1. The smallest absolute Gasteiger partial charge is 0.253 e. The van der Waals surface area contributed by atoms with E-state index in [2.05, 4.69) is 11.4 Å². The van der Waals surface area contributed by atoms with Crippen LogP contribution in [0, 0.1) is 0 Å². The molecule has 0 N–H and O–H groups in total. The van der Waals surface area contributed by atoms with Gasteiger partial charge in [-0.15, -0.1) is 11.3 Å². The first-order valence-electron chi connectivity index (χ1n) is 9.31. The number of nitrogens with zero attached hydrogens (tertiary/aromatic N) is 2. The fourth-order valence-electron chi connectivity index (χ4n) is 3.57. The van der Waals surface area contributed by atoms with Crippen LogP contribution >= 0.6 is 11.3 Å². The summed E-state index contributed by atoms with van der Waals surface area (Å²) < 4.78 is 0. The van der Waals surface area contributed by atoms with Crippen LogP contribution < -0.4 is 0 Å². The van der Waals surface area contributed by atoms with E-state index in [4.69, 9.17) is 0 Å². The highest BCUT2D eigenvalue weighted by Crippen LogP contribution is 2.28. The standard InChI is InChI=1S/C21H24N2O2S/c1-22(18-6-7-18)21(25)16-4-5-17-14-23(11-10-15(17)13-16)20(24)9-8-19-3-2-12-26-19/h2-5,12-13,18H,6-11,14H2,1H3. The molecule has 5 heteroatoms. The van der Waals surface area contributed by atoms with Crippen molar-refractivity contribution >= 4 is 23.2 Å².